The molecule has 9 heteroatoms. The molecule has 4 atom stereocenters. The van der Waals surface area contributed by atoms with Crippen LogP contribution in [0, 0.1) is 0 Å². The number of piperidine rings is 2. The number of piperazine rings is 1. The third kappa shape index (κ3) is 4.56. The van der Waals surface area contributed by atoms with Crippen LogP contribution in [0.1, 0.15) is 69.2 Å². The molecule has 2 aromatic rings. The molecule has 5 heterocycles. The summed E-state index contributed by atoms with van der Waals surface area (Å²) in [6.07, 6.45) is 7.92. The Bertz CT molecular complexity index is 1130. The molecule has 0 aliphatic carbocycles. The normalized spacial score (nSPS) is 30.7. The second-order valence-electron chi connectivity index (χ2n) is 11.7. The van der Waals surface area contributed by atoms with Crippen LogP contribution in [0.5, 0.6) is 0 Å². The van der Waals surface area contributed by atoms with E-state index in [0.29, 0.717) is 47.9 Å². The molecule has 9 nitrogen and oxygen atoms in total. The number of carbonyl (C=O) groups is 2. The van der Waals surface area contributed by atoms with E-state index in [9.17, 15) is 9.59 Å². The van der Waals surface area contributed by atoms with Crippen molar-refractivity contribution < 1.29 is 14.0 Å². The number of nitrogens with one attached hydrogen (secondary N) is 1. The first-order chi connectivity index (χ1) is 17.9. The van der Waals surface area contributed by atoms with Crippen molar-refractivity contribution in [3.63, 3.8) is 0 Å². The first kappa shape index (κ1) is 24.5. The van der Waals surface area contributed by atoms with Crippen LogP contribution in [0.25, 0.3) is 11.1 Å². The number of likely N-dealkylation sites (tertiary alicyclic amines) is 1. The van der Waals surface area contributed by atoms with Crippen molar-refractivity contribution in [1.29, 1.82) is 0 Å². The van der Waals surface area contributed by atoms with Gasteiger partial charge >= 0.3 is 6.03 Å². The zero-order chi connectivity index (χ0) is 25.7. The average Bonchev–Trinajstić information content (AvgIpc) is 3.54. The van der Waals surface area contributed by atoms with E-state index in [1.165, 1.54) is 19.3 Å². The van der Waals surface area contributed by atoms with Crippen LogP contribution in [-0.2, 0) is 0 Å². The predicted octanol–water partition coefficient (Wildman–Crippen LogP) is 3.69. The summed E-state index contributed by atoms with van der Waals surface area (Å²) < 4.78 is 6.21. The fourth-order valence-electron chi connectivity index (χ4n) is 7.19. The molecule has 1 N–H and O–H groups in total. The fraction of sp³-hybridized carbons (Fsp3) is 0.679. The molecule has 3 amide bonds. The summed E-state index contributed by atoms with van der Waals surface area (Å²) in [4.78, 5) is 39.9. The molecule has 2 bridgehead atoms. The number of anilines is 1. The molecule has 37 heavy (non-hydrogen) atoms. The van der Waals surface area contributed by atoms with Gasteiger partial charge < -0.3 is 29.3 Å². The van der Waals surface area contributed by atoms with Crippen molar-refractivity contribution in [2.24, 2.45) is 0 Å². The van der Waals surface area contributed by atoms with Crippen LogP contribution in [0.4, 0.5) is 10.8 Å². The van der Waals surface area contributed by atoms with E-state index in [-0.39, 0.29) is 30.1 Å². The Morgan fingerprint density at radius 2 is 1.65 bits per heavy atom. The van der Waals surface area contributed by atoms with E-state index in [0.717, 1.165) is 38.8 Å². The highest BCUT2D eigenvalue weighted by atomic mass is 16.4. The number of fused-ring (bicyclic) bond motifs is 3. The molecule has 0 spiro atoms. The number of benzene rings is 1. The van der Waals surface area contributed by atoms with Crippen LogP contribution < -0.4 is 10.2 Å². The number of hydrogen-bond acceptors (Lipinski definition) is 6. The standard InChI is InChI=1S/C28H40N6O3/c1-18-16-33(28(36)32-12-4-5-13-32)17-19(2)34(18)27-30-25-23(10-7-11-24(25)37-27)26(35)29-20-14-21-8-6-9-22(15-20)31(21)3/h7,10-11,18-22H,4-6,8-9,12-17H2,1-3H3,(H,29,35). The Labute approximate surface area is 219 Å². The number of hydrogen-bond donors (Lipinski definition) is 1. The number of nitrogens with zero attached hydrogens (tertiary/aromatic N) is 5. The third-order valence-corrected chi connectivity index (χ3v) is 9.11. The monoisotopic (exact) mass is 508 g/mol. The molecular weight excluding hydrogens is 468 g/mol. The molecule has 4 unspecified atom stereocenters. The number of urea groups is 1. The van der Waals surface area contributed by atoms with Crippen LogP contribution in [0.3, 0.4) is 0 Å². The maximum absolute atomic E-state index is 13.4. The van der Waals surface area contributed by atoms with Gasteiger partial charge in [-0.15, -0.1) is 0 Å². The van der Waals surface area contributed by atoms with Gasteiger partial charge in [0.2, 0.25) is 0 Å². The van der Waals surface area contributed by atoms with E-state index in [1.54, 1.807) is 0 Å². The summed E-state index contributed by atoms with van der Waals surface area (Å²) in [5.74, 6) is -0.0693. The van der Waals surface area contributed by atoms with Crippen LogP contribution in [-0.4, -0.2) is 95.1 Å². The van der Waals surface area contributed by atoms with Crippen molar-refractivity contribution >= 4 is 29.1 Å². The van der Waals surface area contributed by atoms with Gasteiger partial charge in [-0.25, -0.2) is 4.79 Å². The number of aromatic nitrogens is 1. The first-order valence-corrected chi connectivity index (χ1v) is 14.1. The van der Waals surface area contributed by atoms with Gasteiger partial charge in [0.05, 0.1) is 5.56 Å². The van der Waals surface area contributed by atoms with Crippen LogP contribution in [0.15, 0.2) is 22.6 Å². The van der Waals surface area contributed by atoms with Gasteiger partial charge in [0.1, 0.15) is 5.52 Å². The molecule has 4 aliphatic heterocycles. The van der Waals surface area contributed by atoms with Gasteiger partial charge in [0.25, 0.3) is 11.9 Å². The predicted molar refractivity (Wildman–Crippen MR) is 143 cm³/mol. The number of rotatable bonds is 3. The van der Waals surface area contributed by atoms with Gasteiger partial charge in [-0.1, -0.05) is 12.5 Å². The molecule has 200 valence electrons. The lowest BCUT2D eigenvalue weighted by Crippen LogP contribution is -2.60. The Morgan fingerprint density at radius 1 is 0.973 bits per heavy atom. The second kappa shape index (κ2) is 9.82. The number of para-hydroxylation sites is 1. The fourth-order valence-corrected chi connectivity index (χ4v) is 7.19. The Morgan fingerprint density at radius 3 is 2.32 bits per heavy atom. The van der Waals surface area contributed by atoms with E-state index >= 15 is 0 Å². The van der Waals surface area contributed by atoms with Crippen LogP contribution in [0.2, 0.25) is 0 Å². The molecule has 1 aromatic carbocycles. The third-order valence-electron chi connectivity index (χ3n) is 9.11. The first-order valence-electron chi connectivity index (χ1n) is 14.1. The highest BCUT2D eigenvalue weighted by molar-refractivity contribution is 6.04. The van der Waals surface area contributed by atoms with Gasteiger partial charge in [-0.05, 0) is 71.6 Å². The molecule has 4 saturated heterocycles. The Balaban J connectivity index is 1.18. The molecule has 4 aliphatic rings. The van der Waals surface area contributed by atoms with Crippen LogP contribution >= 0.6 is 0 Å². The molecule has 0 radical (unpaired) electrons. The lowest BCUT2D eigenvalue weighted by Gasteiger charge is -2.47. The lowest BCUT2D eigenvalue weighted by molar-refractivity contribution is 0.0463. The summed E-state index contributed by atoms with van der Waals surface area (Å²) in [5.41, 5.74) is 1.80. The summed E-state index contributed by atoms with van der Waals surface area (Å²) >= 11 is 0. The zero-order valence-corrected chi connectivity index (χ0v) is 22.4. The molecule has 1 aromatic heterocycles. The minimum absolute atomic E-state index is 0.0549. The van der Waals surface area contributed by atoms with Gasteiger partial charge in [-0.2, -0.15) is 4.98 Å². The van der Waals surface area contributed by atoms with Crippen molar-refractivity contribution in [1.82, 2.24) is 25.0 Å². The van der Waals surface area contributed by atoms with E-state index in [4.69, 9.17) is 9.40 Å². The van der Waals surface area contributed by atoms with Crippen molar-refractivity contribution in [3.05, 3.63) is 23.8 Å². The van der Waals surface area contributed by atoms with E-state index < -0.39 is 0 Å². The maximum atomic E-state index is 13.4. The zero-order valence-electron chi connectivity index (χ0n) is 22.4. The Hall–Kier alpha value is -2.81. The summed E-state index contributed by atoms with van der Waals surface area (Å²) in [6, 6.07) is 7.69. The Kier molecular flexibility index (Phi) is 6.51. The number of amides is 3. The van der Waals surface area contributed by atoms with Crippen molar-refractivity contribution in [2.45, 2.75) is 89.0 Å². The topological polar surface area (TPSA) is 85.2 Å². The highest BCUT2D eigenvalue weighted by Crippen LogP contribution is 2.34. The van der Waals surface area contributed by atoms with E-state index in [1.807, 2.05) is 28.0 Å². The molecular formula is C28H40N6O3. The van der Waals surface area contributed by atoms with Crippen molar-refractivity contribution in [2.75, 3.05) is 38.1 Å². The number of carbonyl (C=O) groups excluding carboxylic acids is 2. The summed E-state index contributed by atoms with van der Waals surface area (Å²) in [7, 11) is 2.23. The van der Waals surface area contributed by atoms with Crippen molar-refractivity contribution in [3.8, 4) is 0 Å². The largest absolute Gasteiger partial charge is 0.423 e. The number of oxazole rings is 1. The van der Waals surface area contributed by atoms with Gasteiger partial charge in [0, 0.05) is 56.4 Å². The SMILES string of the molecule is CC1CN(C(=O)N2CCCC2)CC(C)N1c1nc2c(C(=O)NC3CC4CCCC(C3)N4C)cccc2o1. The molecule has 6 rings (SSSR count). The van der Waals surface area contributed by atoms with E-state index in [2.05, 4.69) is 36.0 Å². The minimum atomic E-state index is -0.0693. The molecule has 0 saturated carbocycles. The summed E-state index contributed by atoms with van der Waals surface area (Å²) in [5, 5.41) is 3.32. The highest BCUT2D eigenvalue weighted by Gasteiger charge is 2.38. The van der Waals surface area contributed by atoms with Gasteiger partial charge in [-0.3, -0.25) is 4.79 Å². The maximum Gasteiger partial charge on any atom is 0.320 e. The summed E-state index contributed by atoms with van der Waals surface area (Å²) in [6.45, 7) is 7.19. The average molecular weight is 509 g/mol. The smallest absolute Gasteiger partial charge is 0.320 e. The van der Waals surface area contributed by atoms with Gasteiger partial charge in [0.15, 0.2) is 5.58 Å². The lowest BCUT2D eigenvalue weighted by atomic mass is 9.82. The quantitative estimate of drug-likeness (QED) is 0.681. The second-order valence-corrected chi connectivity index (χ2v) is 11.7. The molecule has 4 fully saturated rings. The minimum Gasteiger partial charge on any atom is -0.423 e.